The molecule has 1 fully saturated rings. The van der Waals surface area contributed by atoms with Gasteiger partial charge in [0.25, 0.3) is 11.1 Å². The van der Waals surface area contributed by atoms with E-state index in [0.717, 1.165) is 17.3 Å². The van der Waals surface area contributed by atoms with Crippen LogP contribution in [0.25, 0.3) is 6.08 Å². The summed E-state index contributed by atoms with van der Waals surface area (Å²) >= 11 is 0.940. The average Bonchev–Trinajstić information content (AvgIpc) is 2.57. The molecule has 4 heteroatoms. The van der Waals surface area contributed by atoms with Gasteiger partial charge in [0.15, 0.2) is 0 Å². The van der Waals surface area contributed by atoms with Crippen LogP contribution in [0.2, 0.25) is 0 Å². The molecular formula is C14H15NO2S. The number of amides is 2. The van der Waals surface area contributed by atoms with Crippen LogP contribution in [-0.4, -0.2) is 11.1 Å². The molecule has 3 nitrogen and oxygen atoms in total. The van der Waals surface area contributed by atoms with E-state index in [1.807, 2.05) is 24.3 Å². The number of hydrogen-bond acceptors (Lipinski definition) is 3. The van der Waals surface area contributed by atoms with E-state index in [-0.39, 0.29) is 16.6 Å². The molecule has 1 aliphatic rings. The number of hydrogen-bond donors (Lipinski definition) is 1. The fraction of sp³-hybridized carbons (Fsp3) is 0.286. The summed E-state index contributed by atoms with van der Waals surface area (Å²) in [6.07, 6.45) is 1.73. The molecule has 2 rings (SSSR count). The van der Waals surface area contributed by atoms with E-state index < -0.39 is 0 Å². The summed E-state index contributed by atoms with van der Waals surface area (Å²) in [5.74, 6) is -0.315. The van der Waals surface area contributed by atoms with Crippen molar-refractivity contribution in [3.63, 3.8) is 0 Å². The third kappa shape index (κ3) is 2.82. The van der Waals surface area contributed by atoms with Gasteiger partial charge in [0.1, 0.15) is 0 Å². The van der Waals surface area contributed by atoms with E-state index in [0.29, 0.717) is 4.91 Å². The van der Waals surface area contributed by atoms with Gasteiger partial charge in [-0.25, -0.2) is 0 Å². The number of imide groups is 1. The van der Waals surface area contributed by atoms with Crippen molar-refractivity contribution in [1.29, 1.82) is 0 Å². The maximum Gasteiger partial charge on any atom is 0.290 e. The van der Waals surface area contributed by atoms with Crippen molar-refractivity contribution >= 4 is 29.0 Å². The molecule has 0 radical (unpaired) electrons. The lowest BCUT2D eigenvalue weighted by molar-refractivity contribution is -0.115. The van der Waals surface area contributed by atoms with Gasteiger partial charge in [-0.2, -0.15) is 0 Å². The first-order chi connectivity index (χ1) is 8.36. The average molecular weight is 261 g/mol. The van der Waals surface area contributed by atoms with Crippen LogP contribution in [0.1, 0.15) is 31.9 Å². The van der Waals surface area contributed by atoms with Gasteiger partial charge >= 0.3 is 0 Å². The molecule has 18 heavy (non-hydrogen) atoms. The van der Waals surface area contributed by atoms with Crippen molar-refractivity contribution in [2.24, 2.45) is 0 Å². The quantitative estimate of drug-likeness (QED) is 0.789. The lowest BCUT2D eigenvalue weighted by Crippen LogP contribution is -2.17. The molecule has 1 heterocycles. The van der Waals surface area contributed by atoms with E-state index in [1.165, 1.54) is 5.56 Å². The topological polar surface area (TPSA) is 46.2 Å². The Morgan fingerprint density at radius 2 is 1.72 bits per heavy atom. The molecule has 2 amide bonds. The number of benzene rings is 1. The zero-order valence-electron chi connectivity index (χ0n) is 10.6. The summed E-state index contributed by atoms with van der Waals surface area (Å²) in [6, 6.07) is 8.02. The Labute approximate surface area is 111 Å². The second kappa shape index (κ2) is 4.61. The molecule has 0 aromatic heterocycles. The summed E-state index contributed by atoms with van der Waals surface area (Å²) in [6.45, 7) is 6.46. The Balaban J connectivity index is 2.24. The largest absolute Gasteiger partial charge is 0.290 e. The SMILES string of the molecule is CC(C)(C)c1ccc(/C=C2/SC(=O)NC2=O)cc1. The Morgan fingerprint density at radius 3 is 2.17 bits per heavy atom. The van der Waals surface area contributed by atoms with E-state index in [9.17, 15) is 9.59 Å². The first-order valence-electron chi connectivity index (χ1n) is 5.72. The molecule has 0 bridgehead atoms. The predicted octanol–water partition coefficient (Wildman–Crippen LogP) is 3.31. The van der Waals surface area contributed by atoms with Crippen LogP contribution in [0.4, 0.5) is 4.79 Å². The van der Waals surface area contributed by atoms with Gasteiger partial charge in [-0.15, -0.1) is 0 Å². The smallest absolute Gasteiger partial charge is 0.282 e. The van der Waals surface area contributed by atoms with Gasteiger partial charge in [0.05, 0.1) is 4.91 Å². The minimum atomic E-state index is -0.315. The number of carbonyl (C=O) groups is 2. The van der Waals surface area contributed by atoms with E-state index in [4.69, 9.17) is 0 Å². The Hall–Kier alpha value is -1.55. The molecule has 1 saturated heterocycles. The fourth-order valence-corrected chi connectivity index (χ4v) is 2.33. The summed E-state index contributed by atoms with van der Waals surface area (Å²) in [5, 5.41) is 1.93. The Morgan fingerprint density at radius 1 is 1.11 bits per heavy atom. The standard InChI is InChI=1S/C14H15NO2S/c1-14(2,3)10-6-4-9(5-7-10)8-11-12(16)15-13(17)18-11/h4-8H,1-3H3,(H,15,16,17)/b11-8+. The fourth-order valence-electron chi connectivity index (χ4n) is 1.65. The van der Waals surface area contributed by atoms with Crippen molar-refractivity contribution in [2.75, 3.05) is 0 Å². The Bertz CT molecular complexity index is 524. The number of thioether (sulfide) groups is 1. The highest BCUT2D eigenvalue weighted by atomic mass is 32.2. The summed E-state index contributed by atoms with van der Waals surface area (Å²) in [4.78, 5) is 22.9. The molecule has 0 spiro atoms. The zero-order valence-corrected chi connectivity index (χ0v) is 11.4. The van der Waals surface area contributed by atoms with Crippen LogP contribution in [0.3, 0.4) is 0 Å². The van der Waals surface area contributed by atoms with Crippen LogP contribution in [0.15, 0.2) is 29.2 Å². The Kier molecular flexibility index (Phi) is 3.30. The number of nitrogens with one attached hydrogen (secondary N) is 1. The van der Waals surface area contributed by atoms with Gasteiger partial charge in [-0.1, -0.05) is 45.0 Å². The van der Waals surface area contributed by atoms with E-state index in [2.05, 4.69) is 26.1 Å². The highest BCUT2D eigenvalue weighted by Crippen LogP contribution is 2.27. The third-order valence-electron chi connectivity index (χ3n) is 2.72. The van der Waals surface area contributed by atoms with Crippen molar-refractivity contribution in [1.82, 2.24) is 5.32 Å². The lowest BCUT2D eigenvalue weighted by Gasteiger charge is -2.18. The maximum atomic E-state index is 11.4. The van der Waals surface area contributed by atoms with Crippen LogP contribution >= 0.6 is 11.8 Å². The van der Waals surface area contributed by atoms with Gasteiger partial charge in [0, 0.05) is 0 Å². The van der Waals surface area contributed by atoms with Gasteiger partial charge in [0.2, 0.25) is 0 Å². The van der Waals surface area contributed by atoms with E-state index >= 15 is 0 Å². The highest BCUT2D eigenvalue weighted by Gasteiger charge is 2.24. The molecule has 0 unspecified atom stereocenters. The molecular weight excluding hydrogens is 246 g/mol. The van der Waals surface area contributed by atoms with Gasteiger partial charge in [-0.3, -0.25) is 14.9 Å². The van der Waals surface area contributed by atoms with Crippen molar-refractivity contribution in [2.45, 2.75) is 26.2 Å². The normalized spacial score (nSPS) is 18.3. The van der Waals surface area contributed by atoms with Gasteiger partial charge in [-0.05, 0) is 34.4 Å². The first kappa shape index (κ1) is 12.9. The monoisotopic (exact) mass is 261 g/mol. The van der Waals surface area contributed by atoms with Gasteiger partial charge < -0.3 is 0 Å². The zero-order chi connectivity index (χ0) is 13.3. The van der Waals surface area contributed by atoms with Crippen LogP contribution in [0, 0.1) is 0 Å². The second-order valence-electron chi connectivity index (χ2n) is 5.22. The number of rotatable bonds is 1. The molecule has 1 aromatic rings. The molecule has 1 aromatic carbocycles. The predicted molar refractivity (Wildman–Crippen MR) is 74.2 cm³/mol. The molecule has 1 aliphatic heterocycles. The minimum absolute atomic E-state index is 0.112. The van der Waals surface area contributed by atoms with Crippen molar-refractivity contribution in [3.8, 4) is 0 Å². The van der Waals surface area contributed by atoms with E-state index in [1.54, 1.807) is 6.08 Å². The molecule has 0 aliphatic carbocycles. The van der Waals surface area contributed by atoms with Crippen LogP contribution in [0.5, 0.6) is 0 Å². The lowest BCUT2D eigenvalue weighted by atomic mass is 9.87. The van der Waals surface area contributed by atoms with Crippen molar-refractivity contribution in [3.05, 3.63) is 40.3 Å². The van der Waals surface area contributed by atoms with Crippen LogP contribution < -0.4 is 5.32 Å². The number of carbonyl (C=O) groups excluding carboxylic acids is 2. The summed E-state index contributed by atoms with van der Waals surface area (Å²) in [7, 11) is 0. The van der Waals surface area contributed by atoms with Crippen molar-refractivity contribution < 1.29 is 9.59 Å². The van der Waals surface area contributed by atoms with Crippen LogP contribution in [-0.2, 0) is 10.2 Å². The minimum Gasteiger partial charge on any atom is -0.282 e. The molecule has 0 saturated carbocycles. The molecule has 0 atom stereocenters. The first-order valence-corrected chi connectivity index (χ1v) is 6.53. The summed E-state index contributed by atoms with van der Waals surface area (Å²) < 4.78 is 0. The second-order valence-corrected chi connectivity index (χ2v) is 6.24. The molecule has 94 valence electrons. The summed E-state index contributed by atoms with van der Waals surface area (Å²) in [5.41, 5.74) is 2.28. The highest BCUT2D eigenvalue weighted by molar-refractivity contribution is 8.18. The maximum absolute atomic E-state index is 11.4. The third-order valence-corrected chi connectivity index (χ3v) is 3.53. The molecule has 1 N–H and O–H groups in total.